The third-order valence-electron chi connectivity index (χ3n) is 4.90. The van der Waals surface area contributed by atoms with Gasteiger partial charge in [-0.05, 0) is 48.4 Å². The van der Waals surface area contributed by atoms with E-state index < -0.39 is 5.78 Å². The summed E-state index contributed by atoms with van der Waals surface area (Å²) >= 11 is 0. The average molecular weight is 403 g/mol. The molecule has 31 heavy (non-hydrogen) atoms. The Morgan fingerprint density at radius 3 is 2.23 bits per heavy atom. The van der Waals surface area contributed by atoms with Gasteiger partial charge >= 0.3 is 0 Å². The first-order valence-corrected chi connectivity index (χ1v) is 9.48. The molecule has 0 fully saturated rings. The number of carbonyl (C=O) groups excluding carboxylic acids is 3. The zero-order valence-electron chi connectivity index (χ0n) is 16.1. The fourth-order valence-electron chi connectivity index (χ4n) is 3.41. The quantitative estimate of drug-likeness (QED) is 0.290. The van der Waals surface area contributed by atoms with Gasteiger partial charge in [-0.3, -0.25) is 19.4 Å². The summed E-state index contributed by atoms with van der Waals surface area (Å²) in [4.78, 5) is 47.5. The van der Waals surface area contributed by atoms with Crippen molar-refractivity contribution in [2.75, 3.05) is 4.90 Å². The zero-order chi connectivity index (χ0) is 21.4. The van der Waals surface area contributed by atoms with Crippen LogP contribution in [0.3, 0.4) is 0 Å². The fraction of sp³-hybridized carbons (Fsp3) is 0. The topological polar surface area (TPSA) is 80.2 Å². The summed E-state index contributed by atoms with van der Waals surface area (Å²) in [7, 11) is 0. The molecule has 4 aromatic rings. The number of imide groups is 1. The van der Waals surface area contributed by atoms with Crippen LogP contribution >= 0.6 is 0 Å². The number of fused-ring (bicyclic) bond motifs is 2. The van der Waals surface area contributed by atoms with Crippen molar-refractivity contribution >= 4 is 34.3 Å². The van der Waals surface area contributed by atoms with Crippen molar-refractivity contribution in [3.63, 3.8) is 0 Å². The van der Waals surface area contributed by atoms with Gasteiger partial charge in [-0.2, -0.15) is 0 Å². The second-order valence-electron chi connectivity index (χ2n) is 6.86. The highest BCUT2D eigenvalue weighted by atomic mass is 16.2. The molecule has 2 amide bonds. The summed E-state index contributed by atoms with van der Waals surface area (Å²) in [6.45, 7) is 0. The number of rotatable bonds is 2. The number of hydrogen-bond donors (Lipinski definition) is 0. The van der Waals surface area contributed by atoms with E-state index in [1.807, 2.05) is 18.2 Å². The van der Waals surface area contributed by atoms with E-state index in [4.69, 9.17) is 0 Å². The number of Topliss-reactive ketones (excluding diaryl/α,β-unsaturated/α-hetero) is 1. The van der Waals surface area contributed by atoms with Crippen LogP contribution in [0.5, 0.6) is 0 Å². The highest BCUT2D eigenvalue weighted by Crippen LogP contribution is 2.28. The van der Waals surface area contributed by atoms with Crippen LogP contribution in [0.1, 0.15) is 36.8 Å². The minimum absolute atomic E-state index is 0.155. The van der Waals surface area contributed by atoms with Gasteiger partial charge in [-0.15, -0.1) is 0 Å². The number of carbonyl (C=O) groups is 3. The maximum absolute atomic E-state index is 12.7. The highest BCUT2D eigenvalue weighted by molar-refractivity contribution is 6.34. The molecule has 0 saturated heterocycles. The first-order chi connectivity index (χ1) is 15.1. The first kappa shape index (κ1) is 18.4. The molecule has 0 bridgehead atoms. The van der Waals surface area contributed by atoms with Gasteiger partial charge in [0.25, 0.3) is 17.6 Å². The Hall–Kier alpha value is -4.63. The van der Waals surface area contributed by atoms with Crippen LogP contribution in [0.2, 0.25) is 0 Å². The van der Waals surface area contributed by atoms with Crippen LogP contribution in [0.4, 0.5) is 5.69 Å². The Kier molecular flexibility index (Phi) is 4.35. The lowest BCUT2D eigenvalue weighted by atomic mass is 10.1. The van der Waals surface area contributed by atoms with Crippen molar-refractivity contribution in [3.8, 4) is 11.8 Å². The van der Waals surface area contributed by atoms with Crippen LogP contribution in [0.15, 0.2) is 79.0 Å². The third-order valence-corrected chi connectivity index (χ3v) is 4.90. The normalized spacial score (nSPS) is 12.5. The molecule has 146 valence electrons. The summed E-state index contributed by atoms with van der Waals surface area (Å²) in [5.41, 5.74) is 3.10. The molecule has 0 N–H and O–H groups in total. The molecule has 0 aliphatic carbocycles. The zero-order valence-corrected chi connectivity index (χ0v) is 16.1. The average Bonchev–Trinajstić information content (AvgIpc) is 3.07. The van der Waals surface area contributed by atoms with Crippen LogP contribution in [-0.2, 0) is 0 Å². The minimum atomic E-state index is -0.468. The predicted octanol–water partition coefficient (Wildman–Crippen LogP) is 3.66. The summed E-state index contributed by atoms with van der Waals surface area (Å²) in [6.07, 6.45) is 1.40. The molecule has 6 nitrogen and oxygen atoms in total. The van der Waals surface area contributed by atoms with E-state index in [-0.39, 0.29) is 17.5 Å². The summed E-state index contributed by atoms with van der Waals surface area (Å²) in [5.74, 6) is 4.12. The fourth-order valence-corrected chi connectivity index (χ4v) is 3.41. The molecular formula is C25H13N3O3. The molecule has 0 saturated carbocycles. The number of amides is 2. The maximum Gasteiger partial charge on any atom is 0.266 e. The second-order valence-corrected chi connectivity index (χ2v) is 6.86. The molecule has 2 heterocycles. The Morgan fingerprint density at radius 2 is 1.48 bits per heavy atom. The Morgan fingerprint density at radius 1 is 0.806 bits per heavy atom. The Bertz CT molecular complexity index is 1430. The molecule has 0 unspecified atom stereocenters. The van der Waals surface area contributed by atoms with E-state index in [0.29, 0.717) is 33.4 Å². The number of ketones is 1. The molecule has 6 heteroatoms. The molecule has 0 atom stereocenters. The molecule has 0 spiro atoms. The second kappa shape index (κ2) is 7.32. The van der Waals surface area contributed by atoms with E-state index >= 15 is 0 Å². The van der Waals surface area contributed by atoms with Gasteiger partial charge in [0.05, 0.1) is 34.0 Å². The van der Waals surface area contributed by atoms with E-state index in [0.717, 1.165) is 4.90 Å². The van der Waals surface area contributed by atoms with E-state index in [9.17, 15) is 14.4 Å². The lowest BCUT2D eigenvalue weighted by molar-refractivity contribution is 0.0925. The van der Waals surface area contributed by atoms with Crippen molar-refractivity contribution in [1.82, 2.24) is 9.97 Å². The number of nitrogens with zero attached hydrogens (tertiary/aromatic N) is 3. The molecule has 1 aliphatic rings. The van der Waals surface area contributed by atoms with E-state index in [2.05, 4.69) is 21.8 Å². The standard InChI is InChI=1S/C25H13N3O3/c29-23(22-15-26-20-10-3-4-11-21(20)27-22)13-12-16-6-5-7-17(14-16)28-24(30)18-8-1-2-9-19(18)25(28)31/h1-11,14-15H. The van der Waals surface area contributed by atoms with Gasteiger partial charge < -0.3 is 0 Å². The van der Waals surface area contributed by atoms with Gasteiger partial charge in [-0.1, -0.05) is 36.3 Å². The highest BCUT2D eigenvalue weighted by Gasteiger charge is 2.36. The third kappa shape index (κ3) is 3.24. The smallest absolute Gasteiger partial charge is 0.266 e. The summed E-state index contributed by atoms with van der Waals surface area (Å²) < 4.78 is 0. The molecule has 1 aliphatic heterocycles. The Labute approximate surface area is 177 Å². The van der Waals surface area contributed by atoms with Gasteiger partial charge in [0.1, 0.15) is 5.69 Å². The van der Waals surface area contributed by atoms with Crippen molar-refractivity contribution in [1.29, 1.82) is 0 Å². The molecule has 1 aromatic heterocycles. The summed E-state index contributed by atoms with van der Waals surface area (Å²) in [6, 6.07) is 20.6. The van der Waals surface area contributed by atoms with Gasteiger partial charge in [0.2, 0.25) is 0 Å². The van der Waals surface area contributed by atoms with E-state index in [1.54, 1.807) is 54.6 Å². The number of para-hydroxylation sites is 2. The summed E-state index contributed by atoms with van der Waals surface area (Å²) in [5, 5.41) is 0. The monoisotopic (exact) mass is 403 g/mol. The maximum atomic E-state index is 12.7. The lowest BCUT2D eigenvalue weighted by Gasteiger charge is -2.13. The predicted molar refractivity (Wildman–Crippen MR) is 115 cm³/mol. The van der Waals surface area contributed by atoms with Crippen molar-refractivity contribution in [2.45, 2.75) is 0 Å². The number of anilines is 1. The molecular weight excluding hydrogens is 390 g/mol. The SMILES string of the molecule is O=C(C#Cc1cccc(N2C(=O)c3ccccc3C2=O)c1)c1cnc2ccccc2n1. The van der Waals surface area contributed by atoms with E-state index in [1.165, 1.54) is 6.20 Å². The Balaban J connectivity index is 1.43. The molecule has 5 rings (SSSR count). The van der Waals surface area contributed by atoms with Crippen molar-refractivity contribution in [2.24, 2.45) is 0 Å². The van der Waals surface area contributed by atoms with Gasteiger partial charge in [0.15, 0.2) is 0 Å². The minimum Gasteiger partial charge on any atom is -0.277 e. The number of benzene rings is 3. The number of hydrogen-bond acceptors (Lipinski definition) is 5. The first-order valence-electron chi connectivity index (χ1n) is 9.48. The van der Waals surface area contributed by atoms with Crippen molar-refractivity contribution in [3.05, 3.63) is 101 Å². The van der Waals surface area contributed by atoms with Gasteiger partial charge in [-0.25, -0.2) is 9.88 Å². The van der Waals surface area contributed by atoms with Crippen LogP contribution < -0.4 is 4.90 Å². The number of aromatic nitrogens is 2. The van der Waals surface area contributed by atoms with Crippen LogP contribution in [0.25, 0.3) is 11.0 Å². The molecule has 3 aromatic carbocycles. The molecule has 0 radical (unpaired) electrons. The van der Waals surface area contributed by atoms with Crippen LogP contribution in [0, 0.1) is 11.8 Å². The van der Waals surface area contributed by atoms with Gasteiger partial charge in [0, 0.05) is 5.56 Å². The largest absolute Gasteiger partial charge is 0.277 e. The van der Waals surface area contributed by atoms with Crippen molar-refractivity contribution < 1.29 is 14.4 Å². The van der Waals surface area contributed by atoms with Crippen LogP contribution in [-0.4, -0.2) is 27.6 Å². The lowest BCUT2D eigenvalue weighted by Crippen LogP contribution is -2.29.